The predicted molar refractivity (Wildman–Crippen MR) is 78.0 cm³/mol. The first-order chi connectivity index (χ1) is 11.7. The Kier molecular flexibility index (Phi) is 4.49. The van der Waals surface area contributed by atoms with Gasteiger partial charge < -0.3 is 4.84 Å². The normalized spacial score (nSPS) is 10.1. The van der Waals surface area contributed by atoms with E-state index in [2.05, 4.69) is 4.84 Å². The van der Waals surface area contributed by atoms with E-state index in [1.165, 1.54) is 0 Å². The van der Waals surface area contributed by atoms with Crippen molar-refractivity contribution in [3.8, 4) is 0 Å². The Labute approximate surface area is 136 Å². The molecule has 0 bridgehead atoms. The molecule has 1 heterocycles. The summed E-state index contributed by atoms with van der Waals surface area (Å²) >= 11 is 0. The third-order valence-corrected chi connectivity index (χ3v) is 2.86. The maximum Gasteiger partial charge on any atom is 0.363 e. The number of nitrogens with zero attached hydrogens (tertiary/aromatic N) is 4. The van der Waals surface area contributed by atoms with Gasteiger partial charge in [0.15, 0.2) is 0 Å². The first kappa shape index (κ1) is 17.2. The summed E-state index contributed by atoms with van der Waals surface area (Å²) in [4.78, 5) is 57.5. The van der Waals surface area contributed by atoms with Gasteiger partial charge in [-0.05, 0) is 12.1 Å². The molecular weight excluding hydrogens is 344 g/mol. The van der Waals surface area contributed by atoms with Crippen LogP contribution < -0.4 is 10.4 Å². The molecule has 13 heteroatoms. The SMILES string of the molecule is O=C(On1cc([N+](=O)[O-])cc([N+](=O)[O-])c1=O)c1ccc([N+](=O)[O-])cc1. The zero-order chi connectivity index (χ0) is 18.7. The second kappa shape index (κ2) is 6.53. The molecule has 1 aromatic carbocycles. The highest BCUT2D eigenvalue weighted by molar-refractivity contribution is 5.89. The van der Waals surface area contributed by atoms with Crippen LogP contribution >= 0.6 is 0 Å². The number of benzene rings is 1. The Morgan fingerprint density at radius 3 is 1.96 bits per heavy atom. The highest BCUT2D eigenvalue weighted by Crippen LogP contribution is 2.15. The lowest BCUT2D eigenvalue weighted by Gasteiger charge is -2.06. The summed E-state index contributed by atoms with van der Waals surface area (Å²) in [6.07, 6.45) is 0.499. The first-order valence-electron chi connectivity index (χ1n) is 6.23. The number of rotatable bonds is 5. The van der Waals surface area contributed by atoms with Crippen molar-refractivity contribution in [3.05, 3.63) is 82.8 Å². The Hall–Kier alpha value is -4.16. The van der Waals surface area contributed by atoms with Crippen molar-refractivity contribution in [2.24, 2.45) is 0 Å². The third-order valence-electron chi connectivity index (χ3n) is 2.86. The van der Waals surface area contributed by atoms with Crippen molar-refractivity contribution < 1.29 is 24.4 Å². The molecule has 0 aliphatic heterocycles. The van der Waals surface area contributed by atoms with E-state index in [1.807, 2.05) is 0 Å². The summed E-state index contributed by atoms with van der Waals surface area (Å²) in [6, 6.07) is 4.47. The topological polar surface area (TPSA) is 178 Å². The van der Waals surface area contributed by atoms with Crippen molar-refractivity contribution >= 4 is 23.0 Å². The van der Waals surface area contributed by atoms with E-state index in [-0.39, 0.29) is 16.0 Å². The van der Waals surface area contributed by atoms with E-state index in [0.717, 1.165) is 24.3 Å². The monoisotopic (exact) mass is 350 g/mol. The quantitative estimate of drug-likeness (QED) is 0.558. The molecule has 25 heavy (non-hydrogen) atoms. The lowest BCUT2D eigenvalue weighted by atomic mass is 10.2. The molecule has 0 radical (unpaired) electrons. The number of aromatic nitrogens is 1. The molecule has 0 saturated heterocycles. The highest BCUT2D eigenvalue weighted by Gasteiger charge is 2.24. The van der Waals surface area contributed by atoms with E-state index in [1.54, 1.807) is 0 Å². The number of carbonyl (C=O) groups excluding carboxylic acids is 1. The molecule has 2 aromatic rings. The molecule has 0 N–H and O–H groups in total. The van der Waals surface area contributed by atoms with E-state index >= 15 is 0 Å². The van der Waals surface area contributed by atoms with Gasteiger partial charge in [-0.15, -0.1) is 4.73 Å². The van der Waals surface area contributed by atoms with E-state index in [4.69, 9.17) is 0 Å². The molecule has 128 valence electrons. The lowest BCUT2D eigenvalue weighted by Crippen LogP contribution is -2.31. The molecule has 0 atom stereocenters. The Bertz CT molecular complexity index is 948. The van der Waals surface area contributed by atoms with Crippen LogP contribution in [0.4, 0.5) is 17.1 Å². The van der Waals surface area contributed by atoms with Gasteiger partial charge in [-0.25, -0.2) is 4.79 Å². The maximum absolute atomic E-state index is 11.9. The van der Waals surface area contributed by atoms with Crippen LogP contribution in [0.3, 0.4) is 0 Å². The molecule has 0 aliphatic carbocycles. The van der Waals surface area contributed by atoms with Gasteiger partial charge in [0.05, 0.1) is 20.3 Å². The zero-order valence-electron chi connectivity index (χ0n) is 11.9. The fourth-order valence-corrected chi connectivity index (χ4v) is 1.69. The molecule has 13 nitrogen and oxygen atoms in total. The molecule has 0 spiro atoms. The molecule has 0 amide bonds. The Balaban J connectivity index is 2.40. The van der Waals surface area contributed by atoms with Crippen LogP contribution in [0.2, 0.25) is 0 Å². The first-order valence-corrected chi connectivity index (χ1v) is 6.23. The number of hydrogen-bond donors (Lipinski definition) is 0. The van der Waals surface area contributed by atoms with E-state index in [9.17, 15) is 39.9 Å². The van der Waals surface area contributed by atoms with E-state index < -0.39 is 37.7 Å². The van der Waals surface area contributed by atoms with Gasteiger partial charge in [-0.1, -0.05) is 0 Å². The van der Waals surface area contributed by atoms with Gasteiger partial charge in [0, 0.05) is 12.1 Å². The van der Waals surface area contributed by atoms with Gasteiger partial charge in [0.2, 0.25) is 0 Å². The summed E-state index contributed by atoms with van der Waals surface area (Å²) in [7, 11) is 0. The van der Waals surface area contributed by atoms with Crippen molar-refractivity contribution in [1.82, 2.24) is 4.73 Å². The number of nitro groups is 3. The predicted octanol–water partition coefficient (Wildman–Crippen LogP) is 0.842. The summed E-state index contributed by atoms with van der Waals surface area (Å²) in [5.41, 5.74) is -3.93. The Morgan fingerprint density at radius 1 is 0.920 bits per heavy atom. The van der Waals surface area contributed by atoms with Gasteiger partial charge >= 0.3 is 17.2 Å². The van der Waals surface area contributed by atoms with E-state index in [0.29, 0.717) is 12.3 Å². The number of hydrogen-bond acceptors (Lipinski definition) is 9. The minimum Gasteiger partial charge on any atom is -0.328 e. The maximum atomic E-state index is 11.9. The summed E-state index contributed by atoms with van der Waals surface area (Å²) in [6.45, 7) is 0. The summed E-state index contributed by atoms with van der Waals surface area (Å²) < 4.78 is 0.0556. The number of nitro benzene ring substituents is 1. The minimum absolute atomic E-state index is 0.0556. The van der Waals surface area contributed by atoms with Crippen molar-refractivity contribution in [3.63, 3.8) is 0 Å². The van der Waals surface area contributed by atoms with Crippen LogP contribution in [0.1, 0.15) is 10.4 Å². The van der Waals surface area contributed by atoms with Gasteiger partial charge in [-0.2, -0.15) is 0 Å². The smallest absolute Gasteiger partial charge is 0.328 e. The van der Waals surface area contributed by atoms with Crippen LogP contribution in [-0.4, -0.2) is 25.5 Å². The fraction of sp³-hybridized carbons (Fsp3) is 0. The minimum atomic E-state index is -1.40. The van der Waals surface area contributed by atoms with Gasteiger partial charge in [0.25, 0.3) is 11.4 Å². The highest BCUT2D eigenvalue weighted by atomic mass is 16.7. The molecule has 0 unspecified atom stereocenters. The number of non-ortho nitro benzene ring substituents is 1. The largest absolute Gasteiger partial charge is 0.363 e. The van der Waals surface area contributed by atoms with Gasteiger partial charge in [0.1, 0.15) is 12.3 Å². The van der Waals surface area contributed by atoms with Crippen LogP contribution in [0.25, 0.3) is 0 Å². The molecule has 1 aromatic heterocycles. The molecule has 0 fully saturated rings. The Morgan fingerprint density at radius 2 is 1.48 bits per heavy atom. The molecule has 0 saturated carbocycles. The average Bonchev–Trinajstić information content (AvgIpc) is 2.56. The second-order valence-electron chi connectivity index (χ2n) is 4.41. The lowest BCUT2D eigenvalue weighted by molar-refractivity contribution is -0.396. The van der Waals surface area contributed by atoms with Gasteiger partial charge in [-0.3, -0.25) is 35.1 Å². The molecular formula is C12H6N4O9. The average molecular weight is 350 g/mol. The third kappa shape index (κ3) is 3.61. The van der Waals surface area contributed by atoms with Crippen LogP contribution in [0.5, 0.6) is 0 Å². The number of carbonyl (C=O) groups is 1. The molecule has 2 rings (SSSR count). The summed E-state index contributed by atoms with van der Waals surface area (Å²) in [5, 5.41) is 32.1. The fourth-order valence-electron chi connectivity index (χ4n) is 1.69. The van der Waals surface area contributed by atoms with Crippen LogP contribution in [0.15, 0.2) is 41.3 Å². The zero-order valence-corrected chi connectivity index (χ0v) is 11.9. The number of pyridine rings is 1. The van der Waals surface area contributed by atoms with Crippen molar-refractivity contribution in [2.45, 2.75) is 0 Å². The molecule has 0 aliphatic rings. The summed E-state index contributed by atoms with van der Waals surface area (Å²) in [5.74, 6) is -1.20. The van der Waals surface area contributed by atoms with Crippen LogP contribution in [0, 0.1) is 30.3 Å². The standard InChI is InChI=1S/C12H6N4O9/c17-11-10(16(23)24)5-9(15(21)22)6-13(11)25-12(18)7-1-3-8(4-2-7)14(19)20/h1-6H. The van der Waals surface area contributed by atoms with Crippen LogP contribution in [-0.2, 0) is 0 Å². The second-order valence-corrected chi connectivity index (χ2v) is 4.41. The van der Waals surface area contributed by atoms with Crippen molar-refractivity contribution in [1.29, 1.82) is 0 Å². The van der Waals surface area contributed by atoms with Crippen molar-refractivity contribution in [2.75, 3.05) is 0 Å².